The quantitative estimate of drug-likeness (QED) is 0.689. The number of rotatable bonds is 3. The van der Waals surface area contributed by atoms with E-state index in [0.29, 0.717) is 10.0 Å². The third-order valence-corrected chi connectivity index (χ3v) is 2.61. The van der Waals surface area contributed by atoms with E-state index < -0.39 is 11.0 Å². The average molecular weight is 314 g/mol. The van der Waals surface area contributed by atoms with Gasteiger partial charge in [-0.15, -0.1) is 0 Å². The fraction of sp³-hybridized carbons (Fsp3) is 0.200. The van der Waals surface area contributed by atoms with Crippen LogP contribution in [0.1, 0.15) is 18.9 Å². The molecule has 0 radical (unpaired) electrons. The Morgan fingerprint density at radius 3 is 2.78 bits per heavy atom. The van der Waals surface area contributed by atoms with Crippen molar-refractivity contribution in [1.29, 1.82) is 0 Å². The molecule has 0 saturated heterocycles. The lowest BCUT2D eigenvalue weighted by atomic mass is 10.2. The van der Waals surface area contributed by atoms with Crippen LogP contribution in [0.4, 0.5) is 5.69 Å². The van der Waals surface area contributed by atoms with Crippen molar-refractivity contribution >= 4 is 21.6 Å². The Bertz CT molecular complexity index is 597. The van der Waals surface area contributed by atoms with E-state index in [4.69, 9.17) is 4.52 Å². The van der Waals surface area contributed by atoms with Gasteiger partial charge in [0.2, 0.25) is 0 Å². The van der Waals surface area contributed by atoms with Gasteiger partial charge in [0.05, 0.1) is 4.92 Å². The van der Waals surface area contributed by atoms with Crippen molar-refractivity contribution in [3.8, 4) is 11.5 Å². The lowest BCUT2D eigenvalue weighted by Gasteiger charge is -1.97. The first kappa shape index (κ1) is 12.7. The maximum Gasteiger partial charge on any atom is 0.271 e. The molecule has 0 saturated carbocycles. The lowest BCUT2D eigenvalue weighted by molar-refractivity contribution is -0.384. The Labute approximate surface area is 110 Å². The summed E-state index contributed by atoms with van der Waals surface area (Å²) in [5, 5.41) is 23.6. The second-order valence-corrected chi connectivity index (χ2v) is 4.50. The molecule has 0 spiro atoms. The summed E-state index contributed by atoms with van der Waals surface area (Å²) in [6.45, 7) is 1.50. The van der Waals surface area contributed by atoms with E-state index in [9.17, 15) is 15.2 Å². The standard InChI is InChI=1S/C10H8BrN3O4/c1-5(15)9-12-10(18-13-9)6-2-7(11)4-8(3-6)14(16)17/h2-5,15H,1H3. The fourth-order valence-electron chi connectivity index (χ4n) is 1.32. The summed E-state index contributed by atoms with van der Waals surface area (Å²) in [5.41, 5.74) is 0.326. The maximum atomic E-state index is 10.7. The number of hydrogen-bond acceptors (Lipinski definition) is 6. The number of aromatic nitrogens is 2. The molecule has 1 aromatic carbocycles. The molecule has 18 heavy (non-hydrogen) atoms. The topological polar surface area (TPSA) is 102 Å². The molecule has 0 aliphatic rings. The van der Waals surface area contributed by atoms with Crippen molar-refractivity contribution in [2.45, 2.75) is 13.0 Å². The molecular formula is C10H8BrN3O4. The highest BCUT2D eigenvalue weighted by molar-refractivity contribution is 9.10. The fourth-order valence-corrected chi connectivity index (χ4v) is 1.81. The predicted octanol–water partition coefficient (Wildman–Crippen LogP) is 2.46. The second kappa shape index (κ2) is 4.83. The van der Waals surface area contributed by atoms with E-state index >= 15 is 0 Å². The molecule has 1 N–H and O–H groups in total. The zero-order valence-corrected chi connectivity index (χ0v) is 10.8. The number of nitro groups is 1. The van der Waals surface area contributed by atoms with Crippen LogP contribution in [0, 0.1) is 10.1 Å². The van der Waals surface area contributed by atoms with E-state index in [1.165, 1.54) is 19.1 Å². The van der Waals surface area contributed by atoms with Crippen LogP contribution < -0.4 is 0 Å². The van der Waals surface area contributed by atoms with Gasteiger partial charge in [-0.25, -0.2) is 0 Å². The van der Waals surface area contributed by atoms with Gasteiger partial charge in [0.25, 0.3) is 11.6 Å². The molecular weight excluding hydrogens is 306 g/mol. The highest BCUT2D eigenvalue weighted by atomic mass is 79.9. The maximum absolute atomic E-state index is 10.7. The first-order valence-corrected chi connectivity index (χ1v) is 5.73. The van der Waals surface area contributed by atoms with Crippen LogP contribution in [-0.4, -0.2) is 20.2 Å². The minimum absolute atomic E-state index is 0.0869. The minimum Gasteiger partial charge on any atom is -0.385 e. The van der Waals surface area contributed by atoms with E-state index in [2.05, 4.69) is 26.1 Å². The first-order valence-electron chi connectivity index (χ1n) is 4.94. The van der Waals surface area contributed by atoms with E-state index in [0.717, 1.165) is 0 Å². The summed E-state index contributed by atoms with van der Waals surface area (Å²) in [6, 6.07) is 4.31. The average Bonchev–Trinajstić information content (AvgIpc) is 2.77. The molecule has 2 rings (SSSR count). The minimum atomic E-state index is -0.857. The smallest absolute Gasteiger partial charge is 0.271 e. The molecule has 0 bridgehead atoms. The van der Waals surface area contributed by atoms with Crippen LogP contribution in [0.25, 0.3) is 11.5 Å². The molecule has 0 aliphatic heterocycles. The van der Waals surface area contributed by atoms with Crippen LogP contribution in [-0.2, 0) is 0 Å². The molecule has 94 valence electrons. The summed E-state index contributed by atoms with van der Waals surface area (Å²) in [7, 11) is 0. The third kappa shape index (κ3) is 2.54. The lowest BCUT2D eigenvalue weighted by Crippen LogP contribution is -1.93. The van der Waals surface area contributed by atoms with Gasteiger partial charge in [-0.3, -0.25) is 10.1 Å². The third-order valence-electron chi connectivity index (χ3n) is 2.16. The number of benzene rings is 1. The number of aliphatic hydroxyl groups is 1. The van der Waals surface area contributed by atoms with Crippen molar-refractivity contribution < 1.29 is 14.6 Å². The molecule has 0 fully saturated rings. The SMILES string of the molecule is CC(O)c1noc(-c2cc(Br)cc([N+](=O)[O-])c2)n1. The number of halogens is 1. The molecule has 1 heterocycles. The highest BCUT2D eigenvalue weighted by Crippen LogP contribution is 2.28. The van der Waals surface area contributed by atoms with E-state index in [1.54, 1.807) is 6.07 Å². The van der Waals surface area contributed by atoms with Crippen molar-refractivity contribution in [2.24, 2.45) is 0 Å². The molecule has 1 atom stereocenters. The van der Waals surface area contributed by atoms with Gasteiger partial charge in [0.1, 0.15) is 6.10 Å². The summed E-state index contributed by atoms with van der Waals surface area (Å²) in [5.74, 6) is 0.253. The van der Waals surface area contributed by atoms with Gasteiger partial charge in [-0.1, -0.05) is 21.1 Å². The van der Waals surface area contributed by atoms with Crippen LogP contribution >= 0.6 is 15.9 Å². The van der Waals surface area contributed by atoms with Gasteiger partial charge in [0, 0.05) is 22.2 Å². The van der Waals surface area contributed by atoms with Crippen molar-refractivity contribution in [1.82, 2.24) is 10.1 Å². The number of hydrogen-bond donors (Lipinski definition) is 1. The van der Waals surface area contributed by atoms with E-state index in [-0.39, 0.29) is 17.4 Å². The molecule has 8 heteroatoms. The number of nitrogens with zero attached hydrogens (tertiary/aromatic N) is 3. The van der Waals surface area contributed by atoms with Crippen molar-refractivity contribution in [3.05, 3.63) is 38.6 Å². The van der Waals surface area contributed by atoms with Gasteiger partial charge >= 0.3 is 0 Å². The van der Waals surface area contributed by atoms with Crippen LogP contribution in [0.15, 0.2) is 27.2 Å². The summed E-state index contributed by atoms with van der Waals surface area (Å²) < 4.78 is 5.47. The number of non-ortho nitro benzene ring substituents is 1. The largest absolute Gasteiger partial charge is 0.385 e. The Morgan fingerprint density at radius 1 is 1.50 bits per heavy atom. The Morgan fingerprint density at radius 2 is 2.22 bits per heavy atom. The number of nitro benzene ring substituents is 1. The first-order chi connectivity index (χ1) is 8.47. The Balaban J connectivity index is 2.46. The number of aliphatic hydroxyl groups excluding tert-OH is 1. The van der Waals surface area contributed by atoms with Crippen molar-refractivity contribution in [2.75, 3.05) is 0 Å². The van der Waals surface area contributed by atoms with Gasteiger partial charge < -0.3 is 9.63 Å². The monoisotopic (exact) mass is 313 g/mol. The molecule has 1 unspecified atom stereocenters. The Kier molecular flexibility index (Phi) is 3.39. The highest BCUT2D eigenvalue weighted by Gasteiger charge is 2.16. The van der Waals surface area contributed by atoms with Crippen LogP contribution in [0.5, 0.6) is 0 Å². The predicted molar refractivity (Wildman–Crippen MR) is 64.7 cm³/mol. The summed E-state index contributed by atoms with van der Waals surface area (Å²) >= 11 is 3.17. The molecule has 0 aliphatic carbocycles. The normalized spacial score (nSPS) is 12.4. The van der Waals surface area contributed by atoms with Gasteiger partial charge in [-0.05, 0) is 13.0 Å². The zero-order chi connectivity index (χ0) is 13.3. The Hall–Kier alpha value is -1.80. The van der Waals surface area contributed by atoms with Gasteiger partial charge in [0.15, 0.2) is 5.82 Å². The van der Waals surface area contributed by atoms with Crippen LogP contribution in [0.3, 0.4) is 0 Å². The molecule has 7 nitrogen and oxygen atoms in total. The van der Waals surface area contributed by atoms with Crippen LogP contribution in [0.2, 0.25) is 0 Å². The van der Waals surface area contributed by atoms with Crippen molar-refractivity contribution in [3.63, 3.8) is 0 Å². The molecule has 0 amide bonds. The second-order valence-electron chi connectivity index (χ2n) is 3.59. The zero-order valence-electron chi connectivity index (χ0n) is 9.20. The molecule has 2 aromatic rings. The molecule has 1 aromatic heterocycles. The van der Waals surface area contributed by atoms with E-state index in [1.807, 2.05) is 0 Å². The summed E-state index contributed by atoms with van der Waals surface area (Å²) in [6.07, 6.45) is -0.857. The van der Waals surface area contributed by atoms with Gasteiger partial charge in [-0.2, -0.15) is 4.98 Å². The summed E-state index contributed by atoms with van der Waals surface area (Å²) in [4.78, 5) is 14.2.